The molecular formula is C31H20N2O2. The van der Waals surface area contributed by atoms with E-state index < -0.39 is 0 Å². The molecule has 35 heavy (non-hydrogen) atoms. The summed E-state index contributed by atoms with van der Waals surface area (Å²) in [6, 6.07) is 35.6. The van der Waals surface area contributed by atoms with Crippen molar-refractivity contribution in [3.8, 4) is 5.82 Å². The molecule has 0 aliphatic rings. The third kappa shape index (κ3) is 3.44. The number of hydrogen-bond acceptors (Lipinski definition) is 3. The monoisotopic (exact) mass is 452 g/mol. The van der Waals surface area contributed by atoms with Gasteiger partial charge < -0.3 is 0 Å². The van der Waals surface area contributed by atoms with Crippen LogP contribution in [0.15, 0.2) is 121 Å². The minimum absolute atomic E-state index is 0.0767. The lowest BCUT2D eigenvalue weighted by molar-refractivity contribution is 0.103. The quantitative estimate of drug-likeness (QED) is 0.276. The van der Waals surface area contributed by atoms with Crippen LogP contribution in [0.4, 0.5) is 0 Å². The summed E-state index contributed by atoms with van der Waals surface area (Å²) in [6.45, 7) is 0. The second-order valence-electron chi connectivity index (χ2n) is 8.32. The van der Waals surface area contributed by atoms with Crippen LogP contribution in [-0.2, 0) is 0 Å². The van der Waals surface area contributed by atoms with Gasteiger partial charge >= 0.3 is 0 Å². The first-order valence-electron chi connectivity index (χ1n) is 11.4. The Labute approximate surface area is 202 Å². The van der Waals surface area contributed by atoms with Crippen molar-refractivity contribution in [3.05, 3.63) is 144 Å². The van der Waals surface area contributed by atoms with E-state index in [1.165, 1.54) is 0 Å². The fourth-order valence-corrected chi connectivity index (χ4v) is 4.69. The number of carbonyl (C=O) groups is 2. The van der Waals surface area contributed by atoms with Crippen LogP contribution in [0.1, 0.15) is 31.8 Å². The lowest BCUT2D eigenvalue weighted by Gasteiger charge is -2.12. The van der Waals surface area contributed by atoms with Crippen LogP contribution in [0, 0.1) is 0 Å². The van der Waals surface area contributed by atoms with Crippen molar-refractivity contribution >= 4 is 33.4 Å². The molecule has 166 valence electrons. The van der Waals surface area contributed by atoms with Crippen molar-refractivity contribution in [1.29, 1.82) is 0 Å². The first-order chi connectivity index (χ1) is 17.2. The average Bonchev–Trinajstić information content (AvgIpc) is 3.28. The van der Waals surface area contributed by atoms with Crippen LogP contribution in [0.25, 0.3) is 27.6 Å². The highest BCUT2D eigenvalue weighted by Gasteiger charge is 2.24. The zero-order valence-electron chi connectivity index (χ0n) is 18.8. The predicted octanol–water partition coefficient (Wildman–Crippen LogP) is 6.64. The van der Waals surface area contributed by atoms with E-state index in [0.29, 0.717) is 28.1 Å². The van der Waals surface area contributed by atoms with Gasteiger partial charge in [-0.2, -0.15) is 0 Å². The van der Waals surface area contributed by atoms with Crippen molar-refractivity contribution in [1.82, 2.24) is 9.55 Å². The molecule has 0 N–H and O–H groups in total. The largest absolute Gasteiger partial charge is 0.292 e. The fraction of sp³-hybridized carbons (Fsp3) is 0. The number of para-hydroxylation sites is 2. The van der Waals surface area contributed by atoms with Gasteiger partial charge in [0.25, 0.3) is 0 Å². The highest BCUT2D eigenvalue weighted by molar-refractivity contribution is 6.25. The van der Waals surface area contributed by atoms with Crippen molar-refractivity contribution in [2.24, 2.45) is 0 Å². The minimum Gasteiger partial charge on any atom is -0.292 e. The number of fused-ring (bicyclic) bond motifs is 3. The second kappa shape index (κ2) is 8.50. The van der Waals surface area contributed by atoms with E-state index in [1.807, 2.05) is 120 Å². The summed E-state index contributed by atoms with van der Waals surface area (Å²) in [7, 11) is 0. The van der Waals surface area contributed by atoms with E-state index in [4.69, 9.17) is 0 Å². The molecule has 0 aliphatic carbocycles. The third-order valence-electron chi connectivity index (χ3n) is 6.25. The highest BCUT2D eigenvalue weighted by atomic mass is 16.1. The Balaban J connectivity index is 1.73. The molecule has 0 bridgehead atoms. The maximum absolute atomic E-state index is 13.7. The second-order valence-corrected chi connectivity index (χ2v) is 8.32. The molecule has 2 heterocycles. The first kappa shape index (κ1) is 20.8. The number of carbonyl (C=O) groups excluding carboxylic acids is 2. The Hall–Kier alpha value is -4.83. The van der Waals surface area contributed by atoms with E-state index in [2.05, 4.69) is 4.98 Å². The Kier molecular flexibility index (Phi) is 5.04. The van der Waals surface area contributed by atoms with Crippen molar-refractivity contribution < 1.29 is 9.59 Å². The molecule has 6 aromatic rings. The zero-order valence-corrected chi connectivity index (χ0v) is 18.8. The molecular weight excluding hydrogens is 432 g/mol. The fourth-order valence-electron chi connectivity index (χ4n) is 4.69. The number of rotatable bonds is 5. The molecule has 4 heteroatoms. The van der Waals surface area contributed by atoms with E-state index >= 15 is 0 Å². The van der Waals surface area contributed by atoms with Gasteiger partial charge in [-0.3, -0.25) is 14.2 Å². The zero-order chi connectivity index (χ0) is 23.8. The highest BCUT2D eigenvalue weighted by Crippen LogP contribution is 2.36. The number of hydrogen-bond donors (Lipinski definition) is 0. The number of benzene rings is 4. The van der Waals surface area contributed by atoms with Gasteiger partial charge in [-0.05, 0) is 24.3 Å². The smallest absolute Gasteiger partial charge is 0.195 e. The Morgan fingerprint density at radius 2 is 1.00 bits per heavy atom. The van der Waals surface area contributed by atoms with Crippen molar-refractivity contribution in [2.75, 3.05) is 0 Å². The number of ketones is 2. The molecule has 0 fully saturated rings. The Morgan fingerprint density at radius 1 is 0.514 bits per heavy atom. The molecule has 0 radical (unpaired) electrons. The average molecular weight is 453 g/mol. The normalized spacial score (nSPS) is 11.1. The summed E-state index contributed by atoms with van der Waals surface area (Å²) in [5.74, 6) is 0.494. The summed E-state index contributed by atoms with van der Waals surface area (Å²) in [5.41, 5.74) is 3.82. The standard InChI is InChI=1S/C31H20N2O2/c34-30(21-11-3-1-4-12-21)25-17-9-15-23-24-16-10-18-26(31(35)22-13-5-2-6-14-22)29(24)33(28(23)25)27-19-7-8-20-32-27/h1-20H. The van der Waals surface area contributed by atoms with E-state index in [9.17, 15) is 9.59 Å². The van der Waals surface area contributed by atoms with Crippen molar-refractivity contribution in [3.63, 3.8) is 0 Å². The molecule has 0 aliphatic heterocycles. The number of aromatic nitrogens is 2. The Bertz CT molecular complexity index is 1590. The van der Waals surface area contributed by atoms with Crippen LogP contribution in [0.5, 0.6) is 0 Å². The third-order valence-corrected chi connectivity index (χ3v) is 6.25. The SMILES string of the molecule is O=C(c1ccccc1)c1cccc2c3cccc(C(=O)c4ccccc4)c3n(-c3ccccn3)c12. The molecule has 6 rings (SSSR count). The molecule has 0 spiro atoms. The summed E-state index contributed by atoms with van der Waals surface area (Å²) in [4.78, 5) is 31.9. The van der Waals surface area contributed by atoms with Gasteiger partial charge in [-0.15, -0.1) is 0 Å². The topological polar surface area (TPSA) is 52.0 Å². The van der Waals surface area contributed by atoms with Gasteiger partial charge in [0.1, 0.15) is 5.82 Å². The maximum Gasteiger partial charge on any atom is 0.195 e. The summed E-state index contributed by atoms with van der Waals surface area (Å²) < 4.78 is 1.96. The van der Waals surface area contributed by atoms with E-state index in [-0.39, 0.29) is 11.6 Å². The molecule has 0 unspecified atom stereocenters. The lowest BCUT2D eigenvalue weighted by Crippen LogP contribution is -2.08. The molecule has 4 nitrogen and oxygen atoms in total. The molecule has 0 saturated heterocycles. The summed E-state index contributed by atoms with van der Waals surface area (Å²) >= 11 is 0. The van der Waals surface area contributed by atoms with Crippen LogP contribution < -0.4 is 0 Å². The van der Waals surface area contributed by atoms with Crippen LogP contribution in [-0.4, -0.2) is 21.1 Å². The first-order valence-corrected chi connectivity index (χ1v) is 11.4. The van der Waals surface area contributed by atoms with Gasteiger partial charge in [0, 0.05) is 39.2 Å². The van der Waals surface area contributed by atoms with Crippen LogP contribution in [0.2, 0.25) is 0 Å². The van der Waals surface area contributed by atoms with Crippen LogP contribution >= 0.6 is 0 Å². The van der Waals surface area contributed by atoms with Crippen molar-refractivity contribution in [2.45, 2.75) is 0 Å². The van der Waals surface area contributed by atoms with Crippen LogP contribution in [0.3, 0.4) is 0 Å². The van der Waals surface area contributed by atoms with E-state index in [1.54, 1.807) is 6.20 Å². The molecule has 0 saturated carbocycles. The van der Waals surface area contributed by atoms with Gasteiger partial charge in [-0.1, -0.05) is 91.0 Å². The van der Waals surface area contributed by atoms with Gasteiger partial charge in [0.2, 0.25) is 0 Å². The molecule has 4 aromatic carbocycles. The number of pyridine rings is 1. The molecule has 0 amide bonds. The summed E-state index contributed by atoms with van der Waals surface area (Å²) in [6.07, 6.45) is 1.72. The maximum atomic E-state index is 13.7. The van der Waals surface area contributed by atoms with Gasteiger partial charge in [-0.25, -0.2) is 4.98 Å². The van der Waals surface area contributed by atoms with Gasteiger partial charge in [0.15, 0.2) is 11.6 Å². The minimum atomic E-state index is -0.0767. The Morgan fingerprint density at radius 3 is 1.46 bits per heavy atom. The molecule has 2 aromatic heterocycles. The number of nitrogens with zero attached hydrogens (tertiary/aromatic N) is 2. The van der Waals surface area contributed by atoms with E-state index in [0.717, 1.165) is 21.8 Å². The van der Waals surface area contributed by atoms with Gasteiger partial charge in [0.05, 0.1) is 11.0 Å². The summed E-state index contributed by atoms with van der Waals surface area (Å²) in [5, 5.41) is 1.80. The predicted molar refractivity (Wildman–Crippen MR) is 138 cm³/mol. The molecule has 0 atom stereocenters. The lowest BCUT2D eigenvalue weighted by atomic mass is 9.99.